The number of likely N-dealkylation sites (tertiary alicyclic amines) is 1. The third-order valence-electron chi connectivity index (χ3n) is 6.90. The van der Waals surface area contributed by atoms with Crippen LogP contribution in [-0.4, -0.2) is 81.1 Å². The number of benzene rings is 1. The van der Waals surface area contributed by atoms with Crippen molar-refractivity contribution < 1.29 is 32.7 Å². The van der Waals surface area contributed by atoms with Crippen molar-refractivity contribution in [3.63, 3.8) is 0 Å². The molecule has 1 aromatic rings. The van der Waals surface area contributed by atoms with Gasteiger partial charge in [0.05, 0.1) is 5.54 Å². The molecule has 0 radical (unpaired) electrons. The van der Waals surface area contributed by atoms with Gasteiger partial charge in [-0.25, -0.2) is 4.79 Å². The molecule has 10 heteroatoms. The number of carbonyl (C=O) groups is 3. The van der Waals surface area contributed by atoms with E-state index in [4.69, 9.17) is 0 Å². The van der Waals surface area contributed by atoms with Crippen molar-refractivity contribution in [3.05, 3.63) is 35.9 Å². The number of hydrogen-bond donors (Lipinski definition) is 1. The largest absolute Gasteiger partial charge is 0.471 e. The first-order valence-corrected chi connectivity index (χ1v) is 10.9. The monoisotopic (exact) mass is 453 g/mol. The Morgan fingerprint density at radius 1 is 1.06 bits per heavy atom. The van der Waals surface area contributed by atoms with Crippen LogP contribution in [-0.2, 0) is 16.0 Å². The molecule has 2 saturated heterocycles. The zero-order valence-electron chi connectivity index (χ0n) is 17.6. The maximum Gasteiger partial charge on any atom is 0.471 e. The average molecular weight is 453 g/mol. The van der Waals surface area contributed by atoms with E-state index < -0.39 is 29.8 Å². The molecule has 4 rings (SSSR count). The molecule has 2 aliphatic heterocycles. The molecule has 2 heterocycles. The highest BCUT2D eigenvalue weighted by Gasteiger charge is 2.59. The normalized spacial score (nSPS) is 24.7. The fourth-order valence-corrected chi connectivity index (χ4v) is 5.09. The number of carbonyl (C=O) groups excluding carboxylic acids is 2. The van der Waals surface area contributed by atoms with Gasteiger partial charge >= 0.3 is 18.2 Å². The molecule has 7 nitrogen and oxygen atoms in total. The molecule has 0 bridgehead atoms. The number of nitrogens with zero attached hydrogens (tertiary/aromatic N) is 3. The first-order valence-electron chi connectivity index (χ1n) is 10.9. The van der Waals surface area contributed by atoms with E-state index in [9.17, 15) is 32.7 Å². The molecule has 0 unspecified atom stereocenters. The van der Waals surface area contributed by atoms with E-state index in [0.717, 1.165) is 10.5 Å². The summed E-state index contributed by atoms with van der Waals surface area (Å²) in [6, 6.07) is 8.56. The maximum atomic E-state index is 13.2. The number of carboxylic acid groups (broad SMARTS) is 1. The summed E-state index contributed by atoms with van der Waals surface area (Å²) >= 11 is 0. The summed E-state index contributed by atoms with van der Waals surface area (Å²) in [6.45, 7) is -0.200. The van der Waals surface area contributed by atoms with Crippen LogP contribution >= 0.6 is 0 Å². The SMILES string of the molecule is O=C([C@@H]1CC[C@@H](CCc2ccccc2)N1C(=O)O)N1CCN(C(=O)C(F)(F)F)C2(CC2)C1. The third-order valence-corrected chi connectivity index (χ3v) is 6.90. The van der Waals surface area contributed by atoms with Crippen LogP contribution in [0, 0.1) is 0 Å². The number of hydrogen-bond acceptors (Lipinski definition) is 3. The quantitative estimate of drug-likeness (QED) is 0.760. The van der Waals surface area contributed by atoms with Gasteiger partial charge < -0.3 is 14.9 Å². The van der Waals surface area contributed by atoms with E-state index in [1.165, 1.54) is 9.80 Å². The number of amides is 3. The molecule has 1 N–H and O–H groups in total. The van der Waals surface area contributed by atoms with Crippen molar-refractivity contribution in [2.75, 3.05) is 19.6 Å². The van der Waals surface area contributed by atoms with E-state index in [1.807, 2.05) is 30.3 Å². The Labute approximate surface area is 183 Å². The Morgan fingerprint density at radius 3 is 2.34 bits per heavy atom. The van der Waals surface area contributed by atoms with Gasteiger partial charge in [-0.1, -0.05) is 30.3 Å². The number of piperazine rings is 1. The second-order valence-electron chi connectivity index (χ2n) is 8.90. The van der Waals surface area contributed by atoms with Gasteiger partial charge in [-0.2, -0.15) is 13.2 Å². The number of aryl methyl sites for hydroxylation is 1. The van der Waals surface area contributed by atoms with Gasteiger partial charge in [0.15, 0.2) is 0 Å². The van der Waals surface area contributed by atoms with E-state index in [0.29, 0.717) is 38.5 Å². The lowest BCUT2D eigenvalue weighted by Gasteiger charge is -2.43. The van der Waals surface area contributed by atoms with Gasteiger partial charge in [0.2, 0.25) is 5.91 Å². The number of rotatable bonds is 4. The highest BCUT2D eigenvalue weighted by atomic mass is 19.4. The summed E-state index contributed by atoms with van der Waals surface area (Å²) < 4.78 is 38.8. The Kier molecular flexibility index (Phi) is 5.81. The minimum Gasteiger partial charge on any atom is -0.465 e. The molecular weight excluding hydrogens is 427 g/mol. The van der Waals surface area contributed by atoms with E-state index in [-0.39, 0.29) is 31.6 Å². The van der Waals surface area contributed by atoms with Crippen molar-refractivity contribution in [1.82, 2.24) is 14.7 Å². The highest BCUT2D eigenvalue weighted by Crippen LogP contribution is 2.46. The fraction of sp³-hybridized carbons (Fsp3) is 0.591. The molecule has 3 aliphatic rings. The van der Waals surface area contributed by atoms with Crippen molar-refractivity contribution >= 4 is 17.9 Å². The molecule has 32 heavy (non-hydrogen) atoms. The molecule has 1 spiro atoms. The van der Waals surface area contributed by atoms with Crippen molar-refractivity contribution in [2.45, 2.75) is 62.3 Å². The summed E-state index contributed by atoms with van der Waals surface area (Å²) in [4.78, 5) is 40.5. The molecule has 0 aromatic heterocycles. The van der Waals surface area contributed by atoms with E-state index in [1.54, 1.807) is 0 Å². The van der Waals surface area contributed by atoms with Gasteiger partial charge in [0, 0.05) is 25.7 Å². The summed E-state index contributed by atoms with van der Waals surface area (Å²) in [5.41, 5.74) is 0.119. The highest BCUT2D eigenvalue weighted by molar-refractivity contribution is 5.87. The van der Waals surface area contributed by atoms with Gasteiger partial charge in [0.1, 0.15) is 6.04 Å². The lowest BCUT2D eigenvalue weighted by Crippen LogP contribution is -2.62. The van der Waals surface area contributed by atoms with Crippen LogP contribution in [0.1, 0.15) is 37.7 Å². The van der Waals surface area contributed by atoms with E-state index in [2.05, 4.69) is 0 Å². The first-order chi connectivity index (χ1) is 15.1. The Balaban J connectivity index is 1.42. The van der Waals surface area contributed by atoms with Crippen LogP contribution in [0.4, 0.5) is 18.0 Å². The second-order valence-corrected chi connectivity index (χ2v) is 8.90. The van der Waals surface area contributed by atoms with Crippen molar-refractivity contribution in [2.24, 2.45) is 0 Å². The third kappa shape index (κ3) is 4.27. The molecule has 3 amide bonds. The topological polar surface area (TPSA) is 81.2 Å². The van der Waals surface area contributed by atoms with Crippen LogP contribution < -0.4 is 0 Å². The molecule has 174 valence electrons. The van der Waals surface area contributed by atoms with Crippen molar-refractivity contribution in [3.8, 4) is 0 Å². The van der Waals surface area contributed by atoms with Crippen LogP contribution in [0.5, 0.6) is 0 Å². The summed E-state index contributed by atoms with van der Waals surface area (Å²) in [5, 5.41) is 9.80. The van der Waals surface area contributed by atoms with Gasteiger partial charge in [0.25, 0.3) is 0 Å². The molecule has 1 saturated carbocycles. The first kappa shape index (κ1) is 22.4. The zero-order chi connectivity index (χ0) is 23.1. The fourth-order valence-electron chi connectivity index (χ4n) is 5.09. The number of alkyl halides is 3. The number of halogens is 3. The standard InChI is InChI=1S/C22H26F3N3O4/c23-22(24,25)19(30)27-13-12-26(14-21(27)10-11-21)18(29)17-9-8-16(28(17)20(31)32)7-6-15-4-2-1-3-5-15/h1-5,16-17H,6-14H2,(H,31,32)/t16-,17+/m1/s1. The molecular formula is C22H26F3N3O4. The van der Waals surface area contributed by atoms with Gasteiger partial charge in [-0.15, -0.1) is 0 Å². The predicted octanol–water partition coefficient (Wildman–Crippen LogP) is 2.90. The Hall–Kier alpha value is -2.78. The minimum absolute atomic E-state index is 0.0201. The molecule has 3 fully saturated rings. The molecule has 2 atom stereocenters. The average Bonchev–Trinajstić information content (AvgIpc) is 3.37. The second kappa shape index (κ2) is 8.29. The van der Waals surface area contributed by atoms with Crippen LogP contribution in [0.2, 0.25) is 0 Å². The summed E-state index contributed by atoms with van der Waals surface area (Å²) in [6.07, 6.45) is -3.05. The maximum absolute atomic E-state index is 13.2. The van der Waals surface area contributed by atoms with E-state index >= 15 is 0 Å². The Bertz CT molecular complexity index is 888. The van der Waals surface area contributed by atoms with Gasteiger partial charge in [-0.3, -0.25) is 14.5 Å². The lowest BCUT2D eigenvalue weighted by molar-refractivity contribution is -0.191. The van der Waals surface area contributed by atoms with Gasteiger partial charge in [-0.05, 0) is 44.1 Å². The Morgan fingerprint density at radius 2 is 1.75 bits per heavy atom. The van der Waals surface area contributed by atoms with Crippen molar-refractivity contribution in [1.29, 1.82) is 0 Å². The summed E-state index contributed by atoms with van der Waals surface area (Å²) in [5.74, 6) is -2.24. The van der Waals surface area contributed by atoms with Crippen LogP contribution in [0.15, 0.2) is 30.3 Å². The predicted molar refractivity (Wildman–Crippen MR) is 108 cm³/mol. The van der Waals surface area contributed by atoms with Crippen LogP contribution in [0.25, 0.3) is 0 Å². The smallest absolute Gasteiger partial charge is 0.465 e. The zero-order valence-corrected chi connectivity index (χ0v) is 17.6. The summed E-state index contributed by atoms with van der Waals surface area (Å²) in [7, 11) is 0. The lowest BCUT2D eigenvalue weighted by atomic mass is 10.0. The minimum atomic E-state index is -4.95. The molecule has 1 aromatic carbocycles. The molecule has 1 aliphatic carbocycles. The van der Waals surface area contributed by atoms with Crippen LogP contribution in [0.3, 0.4) is 0 Å².